The zero-order valence-corrected chi connectivity index (χ0v) is 13.2. The van der Waals surface area contributed by atoms with E-state index in [2.05, 4.69) is 5.32 Å². The second-order valence-corrected chi connectivity index (χ2v) is 5.38. The summed E-state index contributed by atoms with van der Waals surface area (Å²) in [5, 5.41) is 3.33. The quantitative estimate of drug-likeness (QED) is 0.841. The van der Waals surface area contributed by atoms with Gasteiger partial charge in [0.1, 0.15) is 5.82 Å². The van der Waals surface area contributed by atoms with Crippen LogP contribution in [0.5, 0.6) is 11.5 Å². The Morgan fingerprint density at radius 3 is 2.23 bits per heavy atom. The molecule has 118 valence electrons. The molecular weight excluding hydrogens is 281 g/mol. The molecule has 0 aliphatic carbocycles. The summed E-state index contributed by atoms with van der Waals surface area (Å²) in [5.41, 5.74) is 2.16. The molecule has 3 nitrogen and oxygen atoms in total. The Morgan fingerprint density at radius 2 is 1.59 bits per heavy atom. The van der Waals surface area contributed by atoms with E-state index < -0.39 is 0 Å². The summed E-state index contributed by atoms with van der Waals surface area (Å²) >= 11 is 0. The Hall–Kier alpha value is -2.07. The minimum Gasteiger partial charge on any atom is -0.493 e. The molecule has 0 spiro atoms. The molecule has 0 bridgehead atoms. The fraction of sp³-hybridized carbons (Fsp3) is 0.333. The van der Waals surface area contributed by atoms with E-state index in [9.17, 15) is 4.39 Å². The van der Waals surface area contributed by atoms with Crippen LogP contribution in [0.4, 0.5) is 4.39 Å². The highest BCUT2D eigenvalue weighted by atomic mass is 19.1. The number of halogens is 1. The molecule has 0 saturated heterocycles. The van der Waals surface area contributed by atoms with Crippen molar-refractivity contribution in [3.63, 3.8) is 0 Å². The summed E-state index contributed by atoms with van der Waals surface area (Å²) in [6.07, 6.45) is 0.108. The van der Waals surface area contributed by atoms with E-state index in [1.54, 1.807) is 19.2 Å². The molecule has 0 atom stereocenters. The van der Waals surface area contributed by atoms with Gasteiger partial charge in [-0.1, -0.05) is 18.2 Å². The maximum absolute atomic E-state index is 12.8. The second kappa shape index (κ2) is 7.80. The van der Waals surface area contributed by atoms with Gasteiger partial charge in [-0.05, 0) is 49.2 Å². The van der Waals surface area contributed by atoms with Gasteiger partial charge in [0.25, 0.3) is 0 Å². The number of rotatable bonds is 7. The van der Waals surface area contributed by atoms with Crippen LogP contribution >= 0.6 is 0 Å². The molecule has 0 saturated carbocycles. The average molecular weight is 303 g/mol. The summed E-state index contributed by atoms with van der Waals surface area (Å²) < 4.78 is 23.9. The largest absolute Gasteiger partial charge is 0.493 e. The summed E-state index contributed by atoms with van der Waals surface area (Å²) in [6, 6.07) is 12.4. The summed E-state index contributed by atoms with van der Waals surface area (Å²) in [5.74, 6) is 1.27. The molecule has 0 fully saturated rings. The number of benzene rings is 2. The van der Waals surface area contributed by atoms with Crippen molar-refractivity contribution in [2.24, 2.45) is 0 Å². The van der Waals surface area contributed by atoms with Crippen LogP contribution in [0.2, 0.25) is 0 Å². The molecule has 1 N–H and O–H groups in total. The van der Waals surface area contributed by atoms with Gasteiger partial charge in [0.05, 0.1) is 13.2 Å². The number of nitrogens with one attached hydrogen (secondary N) is 1. The van der Waals surface area contributed by atoms with Gasteiger partial charge in [-0.15, -0.1) is 0 Å². The van der Waals surface area contributed by atoms with Crippen molar-refractivity contribution in [1.29, 1.82) is 0 Å². The highest BCUT2D eigenvalue weighted by Gasteiger charge is 2.07. The van der Waals surface area contributed by atoms with Gasteiger partial charge < -0.3 is 14.8 Å². The molecule has 0 aliphatic heterocycles. The first-order valence-electron chi connectivity index (χ1n) is 7.37. The van der Waals surface area contributed by atoms with E-state index in [1.165, 1.54) is 12.1 Å². The van der Waals surface area contributed by atoms with E-state index >= 15 is 0 Å². The zero-order valence-electron chi connectivity index (χ0n) is 13.2. The third kappa shape index (κ3) is 4.74. The van der Waals surface area contributed by atoms with Crippen LogP contribution in [-0.2, 0) is 13.1 Å². The van der Waals surface area contributed by atoms with Crippen molar-refractivity contribution in [2.45, 2.75) is 33.0 Å². The average Bonchev–Trinajstić information content (AvgIpc) is 2.50. The highest BCUT2D eigenvalue weighted by Crippen LogP contribution is 2.28. The van der Waals surface area contributed by atoms with Crippen LogP contribution in [0.25, 0.3) is 0 Å². The van der Waals surface area contributed by atoms with E-state index in [0.717, 1.165) is 22.6 Å². The molecule has 2 aromatic carbocycles. The van der Waals surface area contributed by atoms with Crippen LogP contribution in [-0.4, -0.2) is 13.2 Å². The Balaban J connectivity index is 1.93. The van der Waals surface area contributed by atoms with Crippen LogP contribution in [0.3, 0.4) is 0 Å². The molecule has 2 aromatic rings. The molecule has 2 rings (SSSR count). The molecule has 22 heavy (non-hydrogen) atoms. The Bertz CT molecular complexity index is 597. The van der Waals surface area contributed by atoms with Crippen molar-refractivity contribution in [3.05, 3.63) is 59.4 Å². The maximum Gasteiger partial charge on any atom is 0.161 e. The molecule has 4 heteroatoms. The van der Waals surface area contributed by atoms with Crippen LogP contribution in [0.1, 0.15) is 25.0 Å². The van der Waals surface area contributed by atoms with Gasteiger partial charge in [-0.3, -0.25) is 0 Å². The first-order chi connectivity index (χ1) is 10.6. The van der Waals surface area contributed by atoms with Crippen LogP contribution in [0.15, 0.2) is 42.5 Å². The zero-order chi connectivity index (χ0) is 15.9. The molecule has 0 radical (unpaired) electrons. The normalized spacial score (nSPS) is 10.8. The lowest BCUT2D eigenvalue weighted by Crippen LogP contribution is -2.13. The van der Waals surface area contributed by atoms with Crippen molar-refractivity contribution < 1.29 is 13.9 Å². The van der Waals surface area contributed by atoms with Gasteiger partial charge in [0.15, 0.2) is 11.5 Å². The standard InChI is InChI=1S/C18H22FNO2/c1-13(2)22-17-9-6-15(10-18(17)21-3)12-20-11-14-4-7-16(19)8-5-14/h4-10,13,20H,11-12H2,1-3H3. The Kier molecular flexibility index (Phi) is 5.78. The Labute approximate surface area is 131 Å². The van der Waals surface area contributed by atoms with Crippen molar-refractivity contribution in [3.8, 4) is 11.5 Å². The minimum absolute atomic E-state index is 0.108. The minimum atomic E-state index is -0.214. The second-order valence-electron chi connectivity index (χ2n) is 5.38. The van der Waals surface area contributed by atoms with Gasteiger partial charge in [-0.25, -0.2) is 4.39 Å². The lowest BCUT2D eigenvalue weighted by atomic mass is 10.2. The molecule has 0 aliphatic rings. The number of hydrogen-bond donors (Lipinski definition) is 1. The number of hydrogen-bond acceptors (Lipinski definition) is 3. The molecule has 0 aromatic heterocycles. The predicted molar refractivity (Wildman–Crippen MR) is 85.7 cm³/mol. The van der Waals surface area contributed by atoms with E-state index in [4.69, 9.17) is 9.47 Å². The van der Waals surface area contributed by atoms with Crippen LogP contribution in [0, 0.1) is 5.82 Å². The van der Waals surface area contributed by atoms with E-state index in [-0.39, 0.29) is 11.9 Å². The molecule has 0 unspecified atom stereocenters. The van der Waals surface area contributed by atoms with Gasteiger partial charge in [-0.2, -0.15) is 0 Å². The SMILES string of the molecule is COc1cc(CNCc2ccc(F)cc2)ccc1OC(C)C. The van der Waals surface area contributed by atoms with Crippen LogP contribution < -0.4 is 14.8 Å². The third-order valence-corrected chi connectivity index (χ3v) is 3.16. The topological polar surface area (TPSA) is 30.5 Å². The Morgan fingerprint density at radius 1 is 0.955 bits per heavy atom. The maximum atomic E-state index is 12.8. The summed E-state index contributed by atoms with van der Waals surface area (Å²) in [4.78, 5) is 0. The number of ether oxygens (including phenoxy) is 2. The lowest BCUT2D eigenvalue weighted by Gasteiger charge is -2.14. The molecule has 0 amide bonds. The lowest BCUT2D eigenvalue weighted by molar-refractivity contribution is 0.230. The number of methoxy groups -OCH3 is 1. The molecular formula is C18H22FNO2. The fourth-order valence-electron chi connectivity index (χ4n) is 2.13. The fourth-order valence-corrected chi connectivity index (χ4v) is 2.13. The summed E-state index contributed by atoms with van der Waals surface area (Å²) in [6.45, 7) is 5.36. The van der Waals surface area contributed by atoms with Gasteiger partial charge in [0.2, 0.25) is 0 Å². The van der Waals surface area contributed by atoms with Crippen molar-refractivity contribution >= 4 is 0 Å². The van der Waals surface area contributed by atoms with E-state index in [1.807, 2.05) is 32.0 Å². The smallest absolute Gasteiger partial charge is 0.161 e. The van der Waals surface area contributed by atoms with Crippen molar-refractivity contribution in [1.82, 2.24) is 5.32 Å². The predicted octanol–water partition coefficient (Wildman–Crippen LogP) is 3.91. The van der Waals surface area contributed by atoms with E-state index in [0.29, 0.717) is 13.1 Å². The molecule has 0 heterocycles. The summed E-state index contributed by atoms with van der Waals surface area (Å²) in [7, 11) is 1.64. The first-order valence-corrected chi connectivity index (χ1v) is 7.37. The highest BCUT2D eigenvalue weighted by molar-refractivity contribution is 5.43. The monoisotopic (exact) mass is 303 g/mol. The van der Waals surface area contributed by atoms with Gasteiger partial charge in [0, 0.05) is 13.1 Å². The first kappa shape index (κ1) is 16.3. The van der Waals surface area contributed by atoms with Gasteiger partial charge >= 0.3 is 0 Å². The third-order valence-electron chi connectivity index (χ3n) is 3.16. The van der Waals surface area contributed by atoms with Crippen molar-refractivity contribution in [2.75, 3.05) is 7.11 Å².